The molecular weight excluding hydrogens is 544 g/mol. The molecule has 2 aliphatic heterocycles. The minimum absolute atomic E-state index is 0.134. The van der Waals surface area contributed by atoms with Crippen LogP contribution in [0.3, 0.4) is 0 Å². The van der Waals surface area contributed by atoms with Crippen LogP contribution in [0.2, 0.25) is 0 Å². The van der Waals surface area contributed by atoms with E-state index in [2.05, 4.69) is 5.73 Å². The largest absolute Gasteiger partial charge is 0.394 e. The van der Waals surface area contributed by atoms with E-state index in [1.165, 1.54) is 0 Å². The summed E-state index contributed by atoms with van der Waals surface area (Å²) in [5.41, 5.74) is 19.1. The Balaban J connectivity index is 1.49. The van der Waals surface area contributed by atoms with Crippen molar-refractivity contribution in [3.05, 3.63) is 29.1 Å². The normalized spacial score (nSPS) is 45.5. The van der Waals surface area contributed by atoms with Crippen molar-refractivity contribution in [3.8, 4) is 0 Å². The molecule has 15 atom stereocenters. The maximum Gasteiger partial charge on any atom is 0.187 e. The maximum atomic E-state index is 11.2. The standard InChI is InChI=1S/C26H45N4O11/c1-9-4-10(2)30(11(3)5-9)7-14-19(33)22(36)23(37)26(39-14)38-13-6-12(27)16(28)24(20(13)34)41-25-21(35)17(29)18(32)15(8-31)40-25/h4-5,12-26,31-37H,6-8,27-29H2,1-3H3/q+1/p+1. The molecule has 1 aromatic rings. The first kappa shape index (κ1) is 32.5. The van der Waals surface area contributed by atoms with Crippen molar-refractivity contribution in [2.45, 2.75) is 125 Å². The zero-order chi connectivity index (χ0) is 30.3. The van der Waals surface area contributed by atoms with Crippen molar-refractivity contribution in [1.29, 1.82) is 0 Å². The highest BCUT2D eigenvalue weighted by Gasteiger charge is 2.52. The lowest BCUT2D eigenvalue weighted by molar-refractivity contribution is -0.718. The molecule has 4 rings (SSSR count). The average molecular weight is 591 g/mol. The van der Waals surface area contributed by atoms with Crippen LogP contribution in [0.15, 0.2) is 12.1 Å². The van der Waals surface area contributed by atoms with Crippen LogP contribution < -0.4 is 21.8 Å². The Morgan fingerprint density at radius 2 is 1.39 bits per heavy atom. The van der Waals surface area contributed by atoms with Gasteiger partial charge < -0.3 is 71.9 Å². The molecule has 14 N–H and O–H groups in total. The van der Waals surface area contributed by atoms with Crippen molar-refractivity contribution in [2.24, 2.45) is 11.5 Å². The number of quaternary nitrogens is 1. The summed E-state index contributed by atoms with van der Waals surface area (Å²) in [6.45, 7) is 5.37. The van der Waals surface area contributed by atoms with Crippen LogP contribution in [0, 0.1) is 20.8 Å². The van der Waals surface area contributed by atoms with Gasteiger partial charge in [0, 0.05) is 32.4 Å². The number of aliphatic hydroxyl groups is 7. The van der Waals surface area contributed by atoms with Gasteiger partial charge in [-0.15, -0.1) is 0 Å². The van der Waals surface area contributed by atoms with Crippen molar-refractivity contribution in [2.75, 3.05) is 6.61 Å². The third-order valence-electron chi connectivity index (χ3n) is 8.47. The number of hydrogen-bond acceptors (Lipinski definition) is 13. The third-order valence-corrected chi connectivity index (χ3v) is 8.47. The van der Waals surface area contributed by atoms with Gasteiger partial charge in [0.2, 0.25) is 0 Å². The molecule has 0 aromatic carbocycles. The molecule has 15 unspecified atom stereocenters. The number of ether oxygens (including phenoxy) is 4. The van der Waals surface area contributed by atoms with E-state index in [0.717, 1.165) is 17.0 Å². The van der Waals surface area contributed by atoms with Crippen LogP contribution in [0.1, 0.15) is 23.4 Å². The second-order valence-corrected chi connectivity index (χ2v) is 11.6. The number of pyridine rings is 1. The van der Waals surface area contributed by atoms with Crippen molar-refractivity contribution >= 4 is 0 Å². The van der Waals surface area contributed by atoms with Gasteiger partial charge in [0.1, 0.15) is 61.0 Å². The number of nitrogens with two attached hydrogens (primary N) is 2. The lowest BCUT2D eigenvalue weighted by atomic mass is 9.84. The van der Waals surface area contributed by atoms with Crippen molar-refractivity contribution in [3.63, 3.8) is 0 Å². The lowest BCUT2D eigenvalue weighted by Gasteiger charge is -2.47. The van der Waals surface area contributed by atoms with E-state index in [1.807, 2.05) is 37.5 Å². The maximum absolute atomic E-state index is 11.2. The summed E-state index contributed by atoms with van der Waals surface area (Å²) in [7, 11) is 0. The fraction of sp³-hybridized carbons (Fsp3) is 0.808. The van der Waals surface area contributed by atoms with Gasteiger partial charge in [-0.05, 0) is 12.5 Å². The van der Waals surface area contributed by atoms with Gasteiger partial charge in [0.05, 0.1) is 24.8 Å². The van der Waals surface area contributed by atoms with Crippen LogP contribution in [0.5, 0.6) is 0 Å². The van der Waals surface area contributed by atoms with E-state index in [0.29, 0.717) is 0 Å². The lowest BCUT2D eigenvalue weighted by Crippen LogP contribution is -2.78. The first-order valence-electron chi connectivity index (χ1n) is 13.9. The Morgan fingerprint density at radius 1 is 0.805 bits per heavy atom. The molecule has 0 radical (unpaired) electrons. The van der Waals surface area contributed by atoms with Gasteiger partial charge in [-0.3, -0.25) is 0 Å². The summed E-state index contributed by atoms with van der Waals surface area (Å²) in [5.74, 6) is 0. The first-order valence-corrected chi connectivity index (χ1v) is 13.9. The molecule has 2 saturated heterocycles. The Hall–Kier alpha value is -1.41. The molecule has 0 spiro atoms. The quantitative estimate of drug-likeness (QED) is 0.133. The first-order chi connectivity index (χ1) is 19.2. The Morgan fingerprint density at radius 3 is 2.00 bits per heavy atom. The number of rotatable bonds is 7. The molecule has 3 aliphatic rings. The molecule has 1 saturated carbocycles. The van der Waals surface area contributed by atoms with Gasteiger partial charge >= 0.3 is 0 Å². The van der Waals surface area contributed by atoms with E-state index in [9.17, 15) is 35.7 Å². The van der Waals surface area contributed by atoms with Gasteiger partial charge in [0.15, 0.2) is 30.5 Å². The monoisotopic (exact) mass is 590 g/mol. The van der Waals surface area contributed by atoms with Crippen LogP contribution >= 0.6 is 0 Å². The van der Waals surface area contributed by atoms with Crippen molar-refractivity contribution < 1.29 is 65.0 Å². The van der Waals surface area contributed by atoms with Crippen LogP contribution in [0.4, 0.5) is 0 Å². The fourth-order valence-electron chi connectivity index (χ4n) is 5.95. The zero-order valence-corrected chi connectivity index (χ0v) is 23.5. The molecular formula is C26H46N4O11+2. The topological polar surface area (TPSA) is 262 Å². The molecule has 1 aromatic heterocycles. The number of nitrogens with zero attached hydrogens (tertiary/aromatic N) is 1. The van der Waals surface area contributed by atoms with E-state index >= 15 is 0 Å². The van der Waals surface area contributed by atoms with Gasteiger partial charge in [0.25, 0.3) is 0 Å². The molecule has 0 amide bonds. The molecule has 0 bridgehead atoms. The molecule has 3 fully saturated rings. The highest BCUT2D eigenvalue weighted by molar-refractivity contribution is 5.13. The summed E-state index contributed by atoms with van der Waals surface area (Å²) >= 11 is 0. The molecule has 3 heterocycles. The van der Waals surface area contributed by atoms with Gasteiger partial charge in [-0.25, -0.2) is 0 Å². The predicted octanol–water partition coefficient (Wildman–Crippen LogP) is -6.05. The highest BCUT2D eigenvalue weighted by Crippen LogP contribution is 2.31. The summed E-state index contributed by atoms with van der Waals surface area (Å²) in [6.07, 6.45) is -16.0. The second kappa shape index (κ2) is 13.1. The van der Waals surface area contributed by atoms with E-state index in [1.54, 1.807) is 0 Å². The number of aromatic nitrogens is 1. The van der Waals surface area contributed by atoms with Gasteiger partial charge in [-0.2, -0.15) is 4.57 Å². The molecule has 15 nitrogen and oxygen atoms in total. The number of hydrogen-bond donors (Lipinski definition) is 10. The Kier molecular flexibility index (Phi) is 10.4. The van der Waals surface area contributed by atoms with E-state index < -0.39 is 98.4 Å². The average Bonchev–Trinajstić information content (AvgIpc) is 2.92. The zero-order valence-electron chi connectivity index (χ0n) is 23.5. The number of aryl methyl sites for hydroxylation is 3. The van der Waals surface area contributed by atoms with Gasteiger partial charge in [-0.1, -0.05) is 0 Å². The molecule has 15 heteroatoms. The van der Waals surface area contributed by atoms with E-state index in [-0.39, 0.29) is 13.0 Å². The predicted molar refractivity (Wildman–Crippen MR) is 138 cm³/mol. The second-order valence-electron chi connectivity index (χ2n) is 11.6. The summed E-state index contributed by atoms with van der Waals surface area (Å²) < 4.78 is 25.2. The summed E-state index contributed by atoms with van der Waals surface area (Å²) in [5, 5.41) is 73.4. The highest BCUT2D eigenvalue weighted by atomic mass is 16.7. The van der Waals surface area contributed by atoms with Crippen LogP contribution in [-0.4, -0.2) is 134 Å². The van der Waals surface area contributed by atoms with E-state index in [4.69, 9.17) is 30.4 Å². The Labute approximate surface area is 238 Å². The minimum Gasteiger partial charge on any atom is -0.394 e. The summed E-state index contributed by atoms with van der Waals surface area (Å²) in [6, 6.07) is 1.39. The summed E-state index contributed by atoms with van der Waals surface area (Å²) in [4.78, 5) is 0. The fourth-order valence-corrected chi connectivity index (χ4v) is 5.95. The molecule has 1 aliphatic carbocycles. The molecule has 41 heavy (non-hydrogen) atoms. The van der Waals surface area contributed by atoms with Crippen LogP contribution in [-0.2, 0) is 25.5 Å². The third kappa shape index (κ3) is 6.58. The van der Waals surface area contributed by atoms with Crippen LogP contribution in [0.25, 0.3) is 0 Å². The minimum atomic E-state index is -1.63. The SMILES string of the molecule is Cc1cc(C)[n+](CC2OC(OC3CC([NH3+])C(N)C(OC4OC(CO)C(O)C(N)C4O)C3O)C(O)C(O)C2O)c(C)c1. The van der Waals surface area contributed by atoms with Crippen molar-refractivity contribution in [1.82, 2.24) is 0 Å². The Bertz CT molecular complexity index is 1010. The smallest absolute Gasteiger partial charge is 0.187 e. The molecule has 234 valence electrons. The number of aliphatic hydroxyl groups excluding tert-OH is 7.